The fourth-order valence-electron chi connectivity index (χ4n) is 3.11. The Balaban J connectivity index is 1.81. The molecule has 0 aliphatic carbocycles. The van der Waals surface area contributed by atoms with E-state index in [-0.39, 0.29) is 0 Å². The molecule has 1 N–H and O–H groups in total. The largest absolute Gasteiger partial charge is 0.329 e. The first-order valence-electron chi connectivity index (χ1n) is 7.38. The van der Waals surface area contributed by atoms with Crippen LogP contribution in [-0.4, -0.2) is 25.4 Å². The van der Waals surface area contributed by atoms with E-state index in [1.165, 1.54) is 30.5 Å². The van der Waals surface area contributed by atoms with Gasteiger partial charge >= 0.3 is 0 Å². The number of aryl methyl sites for hydroxylation is 2. The van der Waals surface area contributed by atoms with Crippen molar-refractivity contribution in [2.75, 3.05) is 0 Å². The number of nitrogens with zero attached hydrogens (tertiary/aromatic N) is 4. The second-order valence-corrected chi connectivity index (χ2v) is 5.91. The molecule has 20 heavy (non-hydrogen) atoms. The number of piperidine rings is 1. The topological polar surface area (TPSA) is 47.7 Å². The second kappa shape index (κ2) is 5.40. The van der Waals surface area contributed by atoms with Crippen molar-refractivity contribution in [3.05, 3.63) is 35.7 Å². The summed E-state index contributed by atoms with van der Waals surface area (Å²) in [6, 6.07) is 1.02. The molecular formula is C15H23N5. The summed E-state index contributed by atoms with van der Waals surface area (Å²) in [5.74, 6) is 0. The van der Waals surface area contributed by atoms with Crippen LogP contribution < -0.4 is 5.32 Å². The Morgan fingerprint density at radius 1 is 1.40 bits per heavy atom. The molecule has 0 spiro atoms. The first-order chi connectivity index (χ1) is 9.63. The van der Waals surface area contributed by atoms with Crippen molar-refractivity contribution in [1.29, 1.82) is 0 Å². The quantitative estimate of drug-likeness (QED) is 0.932. The Bertz CT molecular complexity index is 583. The van der Waals surface area contributed by atoms with Gasteiger partial charge < -0.3 is 9.88 Å². The van der Waals surface area contributed by atoms with Crippen molar-refractivity contribution in [2.24, 2.45) is 7.05 Å². The molecule has 3 rings (SSSR count). The van der Waals surface area contributed by atoms with Crippen LogP contribution in [0, 0.1) is 6.92 Å². The van der Waals surface area contributed by atoms with Crippen LogP contribution in [0.3, 0.4) is 0 Å². The van der Waals surface area contributed by atoms with Gasteiger partial charge in [-0.1, -0.05) is 0 Å². The van der Waals surface area contributed by atoms with Crippen LogP contribution in [0.2, 0.25) is 0 Å². The van der Waals surface area contributed by atoms with Crippen LogP contribution in [0.5, 0.6) is 0 Å². The number of aromatic nitrogens is 4. The summed E-state index contributed by atoms with van der Waals surface area (Å²) in [4.78, 5) is 4.35. The molecule has 0 amide bonds. The van der Waals surface area contributed by atoms with E-state index in [2.05, 4.69) is 40.0 Å². The molecule has 1 aliphatic rings. The van der Waals surface area contributed by atoms with Gasteiger partial charge in [0.25, 0.3) is 0 Å². The van der Waals surface area contributed by atoms with Gasteiger partial charge in [-0.15, -0.1) is 0 Å². The number of rotatable bonds is 3. The SMILES string of the molecule is Cc1nn(C)cc1Cn1cncc1C1CCCC(C)N1. The lowest BCUT2D eigenvalue weighted by Gasteiger charge is -2.29. The summed E-state index contributed by atoms with van der Waals surface area (Å²) in [5.41, 5.74) is 3.65. The molecule has 1 saturated heterocycles. The van der Waals surface area contributed by atoms with Gasteiger partial charge in [-0.05, 0) is 33.1 Å². The van der Waals surface area contributed by atoms with E-state index in [9.17, 15) is 0 Å². The van der Waals surface area contributed by atoms with E-state index < -0.39 is 0 Å². The molecule has 0 bridgehead atoms. The predicted molar refractivity (Wildman–Crippen MR) is 78.5 cm³/mol. The van der Waals surface area contributed by atoms with Crippen molar-refractivity contribution in [2.45, 2.75) is 51.7 Å². The fourth-order valence-corrected chi connectivity index (χ4v) is 3.11. The van der Waals surface area contributed by atoms with Gasteiger partial charge in [0.15, 0.2) is 0 Å². The molecular weight excluding hydrogens is 250 g/mol. The zero-order valence-electron chi connectivity index (χ0n) is 12.5. The minimum absolute atomic E-state index is 0.429. The molecule has 5 heteroatoms. The predicted octanol–water partition coefficient (Wildman–Crippen LogP) is 2.18. The van der Waals surface area contributed by atoms with E-state index in [4.69, 9.17) is 0 Å². The smallest absolute Gasteiger partial charge is 0.0951 e. The molecule has 0 saturated carbocycles. The van der Waals surface area contributed by atoms with E-state index in [1.54, 1.807) is 0 Å². The Kier molecular flexibility index (Phi) is 3.61. The average Bonchev–Trinajstić information content (AvgIpc) is 2.97. The van der Waals surface area contributed by atoms with Crippen molar-refractivity contribution < 1.29 is 0 Å². The number of nitrogens with one attached hydrogen (secondary N) is 1. The van der Waals surface area contributed by atoms with Crippen LogP contribution in [0.15, 0.2) is 18.7 Å². The molecule has 108 valence electrons. The lowest BCUT2D eigenvalue weighted by molar-refractivity contribution is 0.330. The Morgan fingerprint density at radius 2 is 2.25 bits per heavy atom. The highest BCUT2D eigenvalue weighted by Crippen LogP contribution is 2.25. The average molecular weight is 273 g/mol. The summed E-state index contributed by atoms with van der Waals surface area (Å²) in [7, 11) is 1.97. The summed E-state index contributed by atoms with van der Waals surface area (Å²) in [6.45, 7) is 5.17. The van der Waals surface area contributed by atoms with Crippen molar-refractivity contribution in [3.8, 4) is 0 Å². The minimum Gasteiger partial charge on any atom is -0.329 e. The van der Waals surface area contributed by atoms with Crippen LogP contribution in [0.1, 0.15) is 49.2 Å². The van der Waals surface area contributed by atoms with Crippen LogP contribution in [0.4, 0.5) is 0 Å². The van der Waals surface area contributed by atoms with Gasteiger partial charge in [-0.25, -0.2) is 4.98 Å². The number of hydrogen-bond acceptors (Lipinski definition) is 3. The standard InChI is InChI=1S/C15H23N5/c1-11-5-4-6-14(17-11)15-7-16-10-20(15)9-13-8-19(3)18-12(13)2/h7-8,10-11,14,17H,4-6,9H2,1-3H3. The van der Waals surface area contributed by atoms with Crippen LogP contribution in [-0.2, 0) is 13.6 Å². The molecule has 1 fully saturated rings. The Morgan fingerprint density at radius 3 is 2.95 bits per heavy atom. The Labute approximate surface area is 120 Å². The molecule has 2 atom stereocenters. The van der Waals surface area contributed by atoms with Gasteiger partial charge in [0.2, 0.25) is 0 Å². The van der Waals surface area contributed by atoms with Gasteiger partial charge in [0, 0.05) is 37.1 Å². The van der Waals surface area contributed by atoms with Crippen LogP contribution in [0.25, 0.3) is 0 Å². The molecule has 3 heterocycles. The lowest BCUT2D eigenvalue weighted by atomic mass is 9.97. The zero-order chi connectivity index (χ0) is 14.1. The van der Waals surface area contributed by atoms with E-state index in [0.29, 0.717) is 12.1 Å². The molecule has 0 radical (unpaired) electrons. The summed E-state index contributed by atoms with van der Waals surface area (Å²) in [5, 5.41) is 8.10. The Hall–Kier alpha value is -1.62. The highest BCUT2D eigenvalue weighted by Gasteiger charge is 2.22. The maximum atomic E-state index is 4.41. The summed E-state index contributed by atoms with van der Waals surface area (Å²) in [6.07, 6.45) is 9.78. The highest BCUT2D eigenvalue weighted by molar-refractivity contribution is 5.18. The van der Waals surface area contributed by atoms with Gasteiger partial charge in [0.1, 0.15) is 0 Å². The maximum Gasteiger partial charge on any atom is 0.0951 e. The second-order valence-electron chi connectivity index (χ2n) is 5.91. The minimum atomic E-state index is 0.429. The molecule has 1 aliphatic heterocycles. The third-order valence-corrected chi connectivity index (χ3v) is 4.17. The third kappa shape index (κ3) is 2.63. The van der Waals surface area contributed by atoms with E-state index in [1.807, 2.05) is 24.3 Å². The first-order valence-corrected chi connectivity index (χ1v) is 7.38. The van der Waals surface area contributed by atoms with Crippen molar-refractivity contribution in [3.63, 3.8) is 0 Å². The number of hydrogen-bond donors (Lipinski definition) is 1. The van der Waals surface area contributed by atoms with E-state index in [0.717, 1.165) is 12.2 Å². The van der Waals surface area contributed by atoms with Crippen molar-refractivity contribution >= 4 is 0 Å². The van der Waals surface area contributed by atoms with Gasteiger partial charge in [0.05, 0.1) is 24.3 Å². The van der Waals surface area contributed by atoms with Gasteiger partial charge in [-0.3, -0.25) is 4.68 Å². The monoisotopic (exact) mass is 273 g/mol. The first kappa shape index (κ1) is 13.4. The normalized spacial score (nSPS) is 23.1. The molecule has 0 aromatic carbocycles. The molecule has 2 aromatic heterocycles. The molecule has 2 unspecified atom stereocenters. The zero-order valence-corrected chi connectivity index (χ0v) is 12.5. The maximum absolute atomic E-state index is 4.41. The van der Waals surface area contributed by atoms with Crippen molar-refractivity contribution in [1.82, 2.24) is 24.6 Å². The third-order valence-electron chi connectivity index (χ3n) is 4.17. The number of imidazole rings is 1. The fraction of sp³-hybridized carbons (Fsp3) is 0.600. The lowest BCUT2D eigenvalue weighted by Crippen LogP contribution is -2.35. The molecule has 5 nitrogen and oxygen atoms in total. The summed E-state index contributed by atoms with van der Waals surface area (Å²) >= 11 is 0. The molecule has 2 aromatic rings. The highest BCUT2D eigenvalue weighted by atomic mass is 15.3. The summed E-state index contributed by atoms with van der Waals surface area (Å²) < 4.78 is 4.13. The van der Waals surface area contributed by atoms with Gasteiger partial charge in [-0.2, -0.15) is 5.10 Å². The van der Waals surface area contributed by atoms with E-state index >= 15 is 0 Å². The van der Waals surface area contributed by atoms with Crippen LogP contribution >= 0.6 is 0 Å².